The first-order valence-corrected chi connectivity index (χ1v) is 8.91. The summed E-state index contributed by atoms with van der Waals surface area (Å²) in [6, 6.07) is 9.38. The van der Waals surface area contributed by atoms with Crippen molar-refractivity contribution in [3.8, 4) is 0 Å². The minimum Gasteiger partial charge on any atom is -0.345 e. The van der Waals surface area contributed by atoms with Gasteiger partial charge in [-0.1, -0.05) is 30.3 Å². The summed E-state index contributed by atoms with van der Waals surface area (Å²) < 4.78 is 27.2. The molecule has 2 aliphatic rings. The number of sulfonamides is 1. The van der Waals surface area contributed by atoms with E-state index in [1.54, 1.807) is 23.3 Å². The zero-order chi connectivity index (χ0) is 16.4. The number of hydrogen-bond acceptors (Lipinski definition) is 4. The maximum atomic E-state index is 12.5. The van der Waals surface area contributed by atoms with Gasteiger partial charge in [0.15, 0.2) is 5.84 Å². The Morgan fingerprint density at radius 1 is 1.30 bits per heavy atom. The normalized spacial score (nSPS) is 20.1. The molecule has 0 spiro atoms. The number of nitrogens with one attached hydrogen (secondary N) is 1. The number of hydrogen-bond donors (Lipinski definition) is 1. The van der Waals surface area contributed by atoms with Crippen LogP contribution in [0.3, 0.4) is 0 Å². The van der Waals surface area contributed by atoms with Gasteiger partial charge in [-0.05, 0) is 24.6 Å². The summed E-state index contributed by atoms with van der Waals surface area (Å²) in [5.74, 6) is -0.195. The van der Waals surface area contributed by atoms with Crippen molar-refractivity contribution in [2.75, 3.05) is 12.3 Å². The van der Waals surface area contributed by atoms with E-state index in [0.717, 1.165) is 5.56 Å². The van der Waals surface area contributed by atoms with Gasteiger partial charge in [0.05, 0.1) is 17.4 Å². The van der Waals surface area contributed by atoms with Crippen LogP contribution in [0.25, 0.3) is 0 Å². The SMILES string of the molecule is C[C@@H](NC(=O)C1=CC=CN2CCS(=O)(=O)N=C12)c1ccccc1. The minimum absolute atomic E-state index is 0.0455. The van der Waals surface area contributed by atoms with Crippen molar-refractivity contribution in [3.05, 3.63) is 59.8 Å². The van der Waals surface area contributed by atoms with Crippen LogP contribution in [0.1, 0.15) is 18.5 Å². The molecule has 0 saturated heterocycles. The number of carbonyl (C=O) groups is 1. The highest BCUT2D eigenvalue weighted by Crippen LogP contribution is 2.19. The fraction of sp³-hybridized carbons (Fsp3) is 0.250. The lowest BCUT2D eigenvalue weighted by Crippen LogP contribution is -2.42. The van der Waals surface area contributed by atoms with Crippen LogP contribution >= 0.6 is 0 Å². The van der Waals surface area contributed by atoms with Gasteiger partial charge in [-0.3, -0.25) is 4.79 Å². The molecule has 1 amide bonds. The maximum absolute atomic E-state index is 12.5. The van der Waals surface area contributed by atoms with Gasteiger partial charge in [0, 0.05) is 12.7 Å². The van der Waals surface area contributed by atoms with E-state index in [-0.39, 0.29) is 29.1 Å². The molecule has 2 heterocycles. The third-order valence-corrected chi connectivity index (χ3v) is 4.90. The van der Waals surface area contributed by atoms with E-state index in [9.17, 15) is 13.2 Å². The lowest BCUT2D eigenvalue weighted by Gasteiger charge is -2.29. The van der Waals surface area contributed by atoms with Crippen molar-refractivity contribution in [2.24, 2.45) is 4.40 Å². The highest BCUT2D eigenvalue weighted by Gasteiger charge is 2.30. The standard InChI is InChI=1S/C16H17N3O3S/c1-12(13-6-3-2-4-7-13)17-16(20)14-8-5-9-19-10-11-23(21,22)18-15(14)19/h2-9,12H,10-11H2,1H3,(H,17,20)/t12-/m1/s1. The quantitative estimate of drug-likeness (QED) is 0.907. The Bertz CT molecular complexity index is 810. The molecule has 1 atom stereocenters. The zero-order valence-electron chi connectivity index (χ0n) is 12.6. The number of rotatable bonds is 3. The largest absolute Gasteiger partial charge is 0.345 e. The Morgan fingerprint density at radius 3 is 2.78 bits per heavy atom. The van der Waals surface area contributed by atoms with Crippen molar-refractivity contribution >= 4 is 21.8 Å². The van der Waals surface area contributed by atoms with Gasteiger partial charge in [0.25, 0.3) is 15.9 Å². The zero-order valence-corrected chi connectivity index (χ0v) is 13.5. The second-order valence-corrected chi connectivity index (χ2v) is 7.18. The monoisotopic (exact) mass is 331 g/mol. The third-order valence-electron chi connectivity index (χ3n) is 3.75. The Kier molecular flexibility index (Phi) is 4.04. The van der Waals surface area contributed by atoms with Crippen molar-refractivity contribution in [2.45, 2.75) is 13.0 Å². The van der Waals surface area contributed by atoms with Crippen molar-refractivity contribution in [1.29, 1.82) is 0 Å². The topological polar surface area (TPSA) is 78.8 Å². The second kappa shape index (κ2) is 6.00. The number of fused-ring (bicyclic) bond motifs is 1. The van der Waals surface area contributed by atoms with Gasteiger partial charge in [-0.15, -0.1) is 4.40 Å². The smallest absolute Gasteiger partial charge is 0.256 e. The number of amidine groups is 1. The number of allylic oxidation sites excluding steroid dienone is 2. The number of nitrogens with zero attached hydrogens (tertiary/aromatic N) is 2. The molecule has 1 aromatic rings. The van der Waals surface area contributed by atoms with E-state index >= 15 is 0 Å². The second-order valence-electron chi connectivity index (χ2n) is 5.42. The molecule has 3 rings (SSSR count). The van der Waals surface area contributed by atoms with Crippen molar-refractivity contribution in [1.82, 2.24) is 10.2 Å². The summed E-state index contributed by atoms with van der Waals surface area (Å²) in [6.45, 7) is 2.18. The molecule has 0 fully saturated rings. The summed E-state index contributed by atoms with van der Waals surface area (Å²) in [7, 11) is -3.51. The average Bonchev–Trinajstić information content (AvgIpc) is 2.54. The molecule has 0 saturated carbocycles. The summed E-state index contributed by atoms with van der Waals surface area (Å²) in [6.07, 6.45) is 5.03. The highest BCUT2D eigenvalue weighted by atomic mass is 32.2. The summed E-state index contributed by atoms with van der Waals surface area (Å²) >= 11 is 0. The molecule has 23 heavy (non-hydrogen) atoms. The Balaban J connectivity index is 1.83. The average molecular weight is 331 g/mol. The van der Waals surface area contributed by atoms with Crippen LogP contribution in [0.15, 0.2) is 58.7 Å². The van der Waals surface area contributed by atoms with Crippen LogP contribution in [0.2, 0.25) is 0 Å². The molecule has 0 unspecified atom stereocenters. The van der Waals surface area contributed by atoms with Gasteiger partial charge in [-0.2, -0.15) is 0 Å². The Hall–Kier alpha value is -2.41. The van der Waals surface area contributed by atoms with E-state index in [4.69, 9.17) is 0 Å². The van der Waals surface area contributed by atoms with Crippen molar-refractivity contribution in [3.63, 3.8) is 0 Å². The summed E-state index contributed by atoms with van der Waals surface area (Å²) in [5, 5.41) is 2.88. The van der Waals surface area contributed by atoms with E-state index in [0.29, 0.717) is 6.54 Å². The van der Waals surface area contributed by atoms with E-state index < -0.39 is 10.0 Å². The highest BCUT2D eigenvalue weighted by molar-refractivity contribution is 7.90. The third kappa shape index (κ3) is 3.34. The maximum Gasteiger partial charge on any atom is 0.256 e. The number of benzene rings is 1. The predicted octanol–water partition coefficient (Wildman–Crippen LogP) is 1.36. The van der Waals surface area contributed by atoms with Crippen molar-refractivity contribution < 1.29 is 13.2 Å². The van der Waals surface area contributed by atoms with E-state index in [1.165, 1.54) is 0 Å². The summed E-state index contributed by atoms with van der Waals surface area (Å²) in [5.41, 5.74) is 1.24. The van der Waals surface area contributed by atoms with E-state index in [2.05, 4.69) is 9.71 Å². The minimum atomic E-state index is -3.51. The Morgan fingerprint density at radius 2 is 2.04 bits per heavy atom. The molecule has 7 heteroatoms. The van der Waals surface area contributed by atoms with Gasteiger partial charge >= 0.3 is 0 Å². The van der Waals surface area contributed by atoms with Gasteiger partial charge in [-0.25, -0.2) is 8.42 Å². The number of carbonyl (C=O) groups excluding carboxylic acids is 1. The fourth-order valence-electron chi connectivity index (χ4n) is 2.49. The number of amides is 1. The molecule has 0 aromatic heterocycles. The molecule has 1 N–H and O–H groups in total. The molecule has 1 aromatic carbocycles. The van der Waals surface area contributed by atoms with E-state index in [1.807, 2.05) is 37.3 Å². The lowest BCUT2D eigenvalue weighted by molar-refractivity contribution is -0.117. The molecule has 6 nitrogen and oxygen atoms in total. The van der Waals surface area contributed by atoms with Crippen LogP contribution < -0.4 is 5.32 Å². The first kappa shape index (κ1) is 15.5. The molecule has 0 bridgehead atoms. The van der Waals surface area contributed by atoms with Crippen LogP contribution in [-0.2, 0) is 14.8 Å². The molecular formula is C16H17N3O3S. The fourth-order valence-corrected chi connectivity index (χ4v) is 3.48. The lowest BCUT2D eigenvalue weighted by atomic mass is 10.1. The van der Waals surface area contributed by atoms with Gasteiger partial charge in [0.1, 0.15) is 0 Å². The molecule has 2 aliphatic heterocycles. The summed E-state index contributed by atoms with van der Waals surface area (Å²) in [4.78, 5) is 14.2. The van der Waals surface area contributed by atoms with Crippen LogP contribution in [0, 0.1) is 0 Å². The van der Waals surface area contributed by atoms with Gasteiger partial charge in [0.2, 0.25) is 0 Å². The molecule has 120 valence electrons. The predicted molar refractivity (Wildman–Crippen MR) is 88.2 cm³/mol. The van der Waals surface area contributed by atoms with Crippen LogP contribution in [-0.4, -0.2) is 37.4 Å². The van der Waals surface area contributed by atoms with Gasteiger partial charge < -0.3 is 10.2 Å². The van der Waals surface area contributed by atoms with Crippen LogP contribution in [0.4, 0.5) is 0 Å². The molecule has 0 aliphatic carbocycles. The Labute approximate surface area is 135 Å². The molecule has 0 radical (unpaired) electrons. The molecular weight excluding hydrogens is 314 g/mol. The first-order valence-electron chi connectivity index (χ1n) is 7.30. The first-order chi connectivity index (χ1) is 11.0. The van der Waals surface area contributed by atoms with Crippen LogP contribution in [0.5, 0.6) is 0 Å².